The molecule has 4 heavy (non-hydrogen) atoms. The van der Waals surface area contributed by atoms with Gasteiger partial charge in [0, 0.05) is 53.6 Å². The molecule has 0 aliphatic carbocycles. The van der Waals surface area contributed by atoms with Crippen molar-refractivity contribution in [3.8, 4) is 0 Å². The Morgan fingerprint density at radius 3 is 1.00 bits per heavy atom. The van der Waals surface area contributed by atoms with Gasteiger partial charge in [-0.3, -0.25) is 4.70 Å². The summed E-state index contributed by atoms with van der Waals surface area (Å²) in [7, 11) is 0. The standard InChI is InChI=1S/Cu.FH.Mn.Zn/h;1H;;. The fraction of sp³-hybridized carbons (Fsp3) is 0. The predicted molar refractivity (Wildman–Crippen MR) is 2.50 cm³/mol. The number of halogens is 1. The van der Waals surface area contributed by atoms with Gasteiger partial charge in [-0.15, -0.1) is 0 Å². The Kier molecular flexibility index (Phi) is 272. The van der Waals surface area contributed by atoms with Gasteiger partial charge in [-0.2, -0.15) is 0 Å². The summed E-state index contributed by atoms with van der Waals surface area (Å²) in [6.45, 7) is 0. The Morgan fingerprint density at radius 2 is 1.00 bits per heavy atom. The minimum atomic E-state index is 0. The fourth-order valence-corrected chi connectivity index (χ4v) is 0. The molecule has 0 amide bonds. The molecule has 0 bridgehead atoms. The second-order valence-electron chi connectivity index (χ2n) is 0. The van der Waals surface area contributed by atoms with Crippen LogP contribution in [0.3, 0.4) is 0 Å². The summed E-state index contributed by atoms with van der Waals surface area (Å²) < 4.78 is 0. The summed E-state index contributed by atoms with van der Waals surface area (Å²) in [6, 6.07) is 0. The molecule has 2 radical (unpaired) electrons. The largest absolute Gasteiger partial charge is 0.269 e. The summed E-state index contributed by atoms with van der Waals surface area (Å²) in [5.41, 5.74) is 0. The molecule has 0 unspecified atom stereocenters. The van der Waals surface area contributed by atoms with Gasteiger partial charge in [0.1, 0.15) is 0 Å². The molecule has 0 heterocycles. The van der Waals surface area contributed by atoms with Crippen molar-refractivity contribution in [2.75, 3.05) is 0 Å². The predicted octanol–water partition coefficient (Wildman–Crippen LogP) is 0.145. The molecule has 0 aliphatic rings. The first-order valence-electron chi connectivity index (χ1n) is 0. The molecular weight excluding hydrogens is 203 g/mol. The molecule has 0 saturated carbocycles. The monoisotopic (exact) mass is 202 g/mol. The number of hydrogen-bond acceptors (Lipinski definition) is 0. The van der Waals surface area contributed by atoms with Crippen LogP contribution in [-0.4, -0.2) is 0 Å². The Hall–Kier alpha value is 1.59. The van der Waals surface area contributed by atoms with Crippen molar-refractivity contribution in [3.63, 3.8) is 0 Å². The van der Waals surface area contributed by atoms with E-state index in [1.165, 1.54) is 0 Å². The van der Waals surface area contributed by atoms with Crippen LogP contribution >= 0.6 is 0 Å². The van der Waals surface area contributed by atoms with E-state index in [0.29, 0.717) is 0 Å². The van der Waals surface area contributed by atoms with Crippen LogP contribution in [0.4, 0.5) is 4.70 Å². The minimum absolute atomic E-state index is 0. The van der Waals surface area contributed by atoms with Gasteiger partial charge in [-0.05, 0) is 0 Å². The van der Waals surface area contributed by atoms with E-state index in [9.17, 15) is 0 Å². The van der Waals surface area contributed by atoms with Crippen molar-refractivity contribution < 1.29 is 58.3 Å². The van der Waals surface area contributed by atoms with E-state index in [-0.39, 0.29) is 58.3 Å². The first-order valence-corrected chi connectivity index (χ1v) is 0. The quantitative estimate of drug-likeness (QED) is 0.492. The van der Waals surface area contributed by atoms with Gasteiger partial charge in [0.2, 0.25) is 0 Å². The molecule has 0 rings (SSSR count). The first kappa shape index (κ1) is 46.5. The minimum Gasteiger partial charge on any atom is -0.269 e. The zero-order chi connectivity index (χ0) is 0. The van der Waals surface area contributed by atoms with Gasteiger partial charge in [0.25, 0.3) is 0 Å². The fourth-order valence-electron chi connectivity index (χ4n) is 0. The summed E-state index contributed by atoms with van der Waals surface area (Å²) in [5, 5.41) is 0. The third-order valence-corrected chi connectivity index (χ3v) is 0. The SMILES string of the molecule is F.[Cu].[Mn].[Zn]. The van der Waals surface area contributed by atoms with Gasteiger partial charge in [-0.25, -0.2) is 0 Å². The van der Waals surface area contributed by atoms with E-state index in [2.05, 4.69) is 0 Å². The van der Waals surface area contributed by atoms with Crippen LogP contribution in [-0.2, 0) is 53.6 Å². The van der Waals surface area contributed by atoms with E-state index in [4.69, 9.17) is 0 Å². The third-order valence-electron chi connectivity index (χ3n) is 0. The van der Waals surface area contributed by atoms with Gasteiger partial charge in [0.15, 0.2) is 0 Å². The zero-order valence-corrected chi connectivity index (χ0v) is 6.88. The zero-order valence-electron chi connectivity index (χ0n) is 1.79. The van der Waals surface area contributed by atoms with Crippen LogP contribution in [0.2, 0.25) is 0 Å². The number of hydrogen-bond donors (Lipinski definition) is 0. The summed E-state index contributed by atoms with van der Waals surface area (Å²) in [5.74, 6) is 0. The van der Waals surface area contributed by atoms with Crippen LogP contribution in [0.15, 0.2) is 0 Å². The second-order valence-corrected chi connectivity index (χ2v) is 0. The smallest absolute Gasteiger partial charge is 0 e. The molecule has 0 spiro atoms. The molecular formula is HCuFMnZn. The topological polar surface area (TPSA) is 0 Å². The van der Waals surface area contributed by atoms with E-state index >= 15 is 0 Å². The van der Waals surface area contributed by atoms with Crippen LogP contribution in [0.25, 0.3) is 0 Å². The Labute approximate surface area is 58.2 Å². The van der Waals surface area contributed by atoms with Crippen molar-refractivity contribution in [2.24, 2.45) is 0 Å². The first-order chi connectivity index (χ1) is 0. The van der Waals surface area contributed by atoms with Crippen molar-refractivity contribution in [1.82, 2.24) is 0 Å². The van der Waals surface area contributed by atoms with Crippen molar-refractivity contribution in [3.05, 3.63) is 0 Å². The molecule has 0 fully saturated rings. The van der Waals surface area contributed by atoms with Gasteiger partial charge in [-0.1, -0.05) is 0 Å². The van der Waals surface area contributed by atoms with Crippen LogP contribution < -0.4 is 0 Å². The van der Waals surface area contributed by atoms with Crippen molar-refractivity contribution >= 4 is 0 Å². The normalized spacial score (nSPS) is 0. The molecule has 0 aromatic heterocycles. The maximum atomic E-state index is 0. The Bertz CT molecular complexity index is 8.00. The summed E-state index contributed by atoms with van der Waals surface area (Å²) in [4.78, 5) is 0. The molecule has 0 nitrogen and oxygen atoms in total. The maximum absolute atomic E-state index is 0. The second kappa shape index (κ2) is 23.4. The Balaban J connectivity index is 0. The van der Waals surface area contributed by atoms with Crippen LogP contribution in [0, 0.1) is 0 Å². The molecule has 0 aromatic rings. The van der Waals surface area contributed by atoms with E-state index in [0.717, 1.165) is 0 Å². The maximum Gasteiger partial charge on any atom is 0 e. The average Bonchev–Trinajstić information content (AvgIpc) is 0. The molecule has 0 aliphatic heterocycles. The number of rotatable bonds is 0. The van der Waals surface area contributed by atoms with Crippen molar-refractivity contribution in [1.29, 1.82) is 0 Å². The summed E-state index contributed by atoms with van der Waals surface area (Å²) >= 11 is 0. The molecule has 0 atom stereocenters. The van der Waals surface area contributed by atoms with Crippen molar-refractivity contribution in [2.45, 2.75) is 0 Å². The van der Waals surface area contributed by atoms with Crippen LogP contribution in [0.5, 0.6) is 0 Å². The third kappa shape index (κ3) is 9.52. The van der Waals surface area contributed by atoms with Gasteiger partial charge < -0.3 is 0 Å². The molecule has 28 valence electrons. The van der Waals surface area contributed by atoms with E-state index in [1.807, 2.05) is 0 Å². The average molecular weight is 204 g/mol. The molecule has 4 heteroatoms. The van der Waals surface area contributed by atoms with Gasteiger partial charge in [0.05, 0.1) is 0 Å². The Morgan fingerprint density at radius 1 is 1.00 bits per heavy atom. The van der Waals surface area contributed by atoms with Crippen LogP contribution in [0.1, 0.15) is 0 Å². The summed E-state index contributed by atoms with van der Waals surface area (Å²) in [6.07, 6.45) is 0. The molecule has 0 saturated heterocycles. The molecule has 0 aromatic carbocycles. The van der Waals surface area contributed by atoms with E-state index in [1.54, 1.807) is 0 Å². The van der Waals surface area contributed by atoms with Gasteiger partial charge >= 0.3 is 0 Å². The molecule has 0 N–H and O–H groups in total. The van der Waals surface area contributed by atoms with E-state index < -0.39 is 0 Å².